The first-order valence-corrected chi connectivity index (χ1v) is 10.3. The average molecular weight is 375 g/mol. The second kappa shape index (κ2) is 7.10. The molecule has 5 rings (SSSR count). The molecule has 0 radical (unpaired) electrons. The number of hydrogen-bond donors (Lipinski definition) is 0. The van der Waals surface area contributed by atoms with Crippen molar-refractivity contribution in [2.45, 2.75) is 25.8 Å². The van der Waals surface area contributed by atoms with E-state index in [4.69, 9.17) is 4.74 Å². The van der Waals surface area contributed by atoms with Crippen molar-refractivity contribution in [2.75, 3.05) is 26.7 Å². The topological polar surface area (TPSA) is 21.3 Å². The van der Waals surface area contributed by atoms with Crippen LogP contribution in [0.2, 0.25) is 0 Å². The van der Waals surface area contributed by atoms with Gasteiger partial charge in [-0.3, -0.25) is 4.90 Å². The summed E-state index contributed by atoms with van der Waals surface area (Å²) in [5.74, 6) is 0.908. The van der Waals surface area contributed by atoms with Gasteiger partial charge in [-0.2, -0.15) is 0 Å². The highest BCUT2D eigenvalue weighted by Gasteiger charge is 2.16. The van der Waals surface area contributed by atoms with Crippen LogP contribution in [0.5, 0.6) is 5.75 Å². The zero-order chi connectivity index (χ0) is 19.1. The number of ether oxygens (including phenoxy) is 1. The van der Waals surface area contributed by atoms with E-state index in [0.29, 0.717) is 0 Å². The molecule has 144 valence electrons. The predicted octanol–water partition coefficient (Wildman–Crippen LogP) is 4.27. The molecule has 0 amide bonds. The van der Waals surface area contributed by atoms with Crippen molar-refractivity contribution in [3.63, 3.8) is 0 Å². The standard InChI is InChI=1S/C24H28N3O/c1-25-22-9-7-19(28-2)16-20(22)24-21-17-27(13-10-18(21)6-8-23(24)25)15-14-26-11-4-3-5-12-26/h6-10,13,16-17H,3-5,11-12,14-15H2,1-2H3/q+1. The third kappa shape index (κ3) is 2.92. The summed E-state index contributed by atoms with van der Waals surface area (Å²) in [6.07, 6.45) is 8.65. The Morgan fingerprint density at radius 3 is 2.61 bits per heavy atom. The fourth-order valence-corrected chi connectivity index (χ4v) is 4.70. The molecule has 0 atom stereocenters. The summed E-state index contributed by atoms with van der Waals surface area (Å²) in [6, 6.07) is 13.1. The van der Waals surface area contributed by atoms with E-state index in [1.165, 1.54) is 64.9 Å². The Hall–Kier alpha value is -2.59. The zero-order valence-corrected chi connectivity index (χ0v) is 16.8. The molecule has 4 nitrogen and oxygen atoms in total. The van der Waals surface area contributed by atoms with Crippen LogP contribution in [0, 0.1) is 0 Å². The van der Waals surface area contributed by atoms with E-state index in [-0.39, 0.29) is 0 Å². The Labute approximate surface area is 165 Å². The fourth-order valence-electron chi connectivity index (χ4n) is 4.70. The number of methoxy groups -OCH3 is 1. The lowest BCUT2D eigenvalue weighted by atomic mass is 10.1. The van der Waals surface area contributed by atoms with Gasteiger partial charge in [-0.05, 0) is 55.6 Å². The molecular formula is C24H28N3O+. The van der Waals surface area contributed by atoms with Gasteiger partial charge in [0.15, 0.2) is 18.9 Å². The fraction of sp³-hybridized carbons (Fsp3) is 0.375. The van der Waals surface area contributed by atoms with Crippen molar-refractivity contribution in [3.8, 4) is 5.75 Å². The van der Waals surface area contributed by atoms with Gasteiger partial charge >= 0.3 is 0 Å². The van der Waals surface area contributed by atoms with Gasteiger partial charge in [-0.15, -0.1) is 0 Å². The highest BCUT2D eigenvalue weighted by molar-refractivity contribution is 6.20. The maximum Gasteiger partial charge on any atom is 0.177 e. The van der Waals surface area contributed by atoms with Gasteiger partial charge in [-0.25, -0.2) is 4.57 Å². The van der Waals surface area contributed by atoms with Crippen LogP contribution >= 0.6 is 0 Å². The minimum atomic E-state index is 0.908. The van der Waals surface area contributed by atoms with E-state index in [9.17, 15) is 0 Å². The minimum absolute atomic E-state index is 0.908. The Balaban J connectivity index is 1.61. The number of aryl methyl sites for hydroxylation is 1. The number of pyridine rings is 1. The van der Waals surface area contributed by atoms with Crippen molar-refractivity contribution in [3.05, 3.63) is 48.8 Å². The second-order valence-electron chi connectivity index (χ2n) is 7.99. The molecule has 2 aromatic carbocycles. The SMILES string of the molecule is COc1ccc2c(c1)c1c3c[n+](CCN4CCCCC4)ccc3ccc1n2C. The number of aromatic nitrogens is 2. The summed E-state index contributed by atoms with van der Waals surface area (Å²) in [6.45, 7) is 4.68. The van der Waals surface area contributed by atoms with E-state index in [1.54, 1.807) is 7.11 Å². The van der Waals surface area contributed by atoms with Crippen molar-refractivity contribution in [2.24, 2.45) is 7.05 Å². The molecule has 1 aliphatic rings. The normalized spacial score (nSPS) is 15.6. The molecule has 4 heteroatoms. The molecule has 0 spiro atoms. The predicted molar refractivity (Wildman–Crippen MR) is 115 cm³/mol. The Morgan fingerprint density at radius 2 is 1.79 bits per heavy atom. The van der Waals surface area contributed by atoms with Gasteiger partial charge in [0.2, 0.25) is 0 Å². The number of benzene rings is 2. The first-order valence-electron chi connectivity index (χ1n) is 10.3. The average Bonchev–Trinajstić information content (AvgIpc) is 3.04. The van der Waals surface area contributed by atoms with E-state index < -0.39 is 0 Å². The molecule has 0 aliphatic carbocycles. The number of likely N-dealkylation sites (tertiary alicyclic amines) is 1. The molecular weight excluding hydrogens is 346 g/mol. The quantitative estimate of drug-likeness (QED) is 0.498. The van der Waals surface area contributed by atoms with Crippen molar-refractivity contribution >= 4 is 32.6 Å². The van der Waals surface area contributed by atoms with Crippen LogP contribution in [0.1, 0.15) is 19.3 Å². The number of hydrogen-bond acceptors (Lipinski definition) is 2. The molecule has 0 N–H and O–H groups in total. The van der Waals surface area contributed by atoms with Crippen molar-refractivity contribution in [1.29, 1.82) is 0 Å². The maximum absolute atomic E-state index is 5.50. The Kier molecular flexibility index (Phi) is 4.44. The summed E-state index contributed by atoms with van der Waals surface area (Å²) in [5.41, 5.74) is 2.51. The third-order valence-corrected chi connectivity index (χ3v) is 6.32. The molecule has 1 fully saturated rings. The summed E-state index contributed by atoms with van der Waals surface area (Å²) in [5, 5.41) is 5.19. The van der Waals surface area contributed by atoms with Crippen LogP contribution in [0.15, 0.2) is 48.8 Å². The van der Waals surface area contributed by atoms with Crippen LogP contribution < -0.4 is 9.30 Å². The second-order valence-corrected chi connectivity index (χ2v) is 7.99. The maximum atomic E-state index is 5.50. The minimum Gasteiger partial charge on any atom is -0.497 e. The summed E-state index contributed by atoms with van der Waals surface area (Å²) in [4.78, 5) is 2.60. The van der Waals surface area contributed by atoms with E-state index in [1.807, 2.05) is 6.07 Å². The lowest BCUT2D eigenvalue weighted by Crippen LogP contribution is -2.41. The van der Waals surface area contributed by atoms with Crippen LogP contribution in [-0.2, 0) is 13.6 Å². The molecule has 3 heterocycles. The molecule has 28 heavy (non-hydrogen) atoms. The largest absolute Gasteiger partial charge is 0.497 e. The first-order chi connectivity index (χ1) is 13.7. The lowest BCUT2D eigenvalue weighted by molar-refractivity contribution is -0.695. The molecule has 1 saturated heterocycles. The highest BCUT2D eigenvalue weighted by atomic mass is 16.5. The molecule has 0 saturated carbocycles. The van der Waals surface area contributed by atoms with Crippen molar-refractivity contribution in [1.82, 2.24) is 9.47 Å². The van der Waals surface area contributed by atoms with Gasteiger partial charge in [-0.1, -0.05) is 12.5 Å². The van der Waals surface area contributed by atoms with Gasteiger partial charge in [0.1, 0.15) is 5.75 Å². The monoisotopic (exact) mass is 374 g/mol. The number of nitrogens with zero attached hydrogens (tertiary/aromatic N) is 3. The van der Waals surface area contributed by atoms with E-state index >= 15 is 0 Å². The zero-order valence-electron chi connectivity index (χ0n) is 16.8. The molecule has 0 bridgehead atoms. The number of piperidine rings is 1. The van der Waals surface area contributed by atoms with Gasteiger partial charge < -0.3 is 9.30 Å². The number of fused-ring (bicyclic) bond motifs is 5. The highest BCUT2D eigenvalue weighted by Crippen LogP contribution is 2.35. The van der Waals surface area contributed by atoms with Crippen LogP contribution in [-0.4, -0.2) is 36.2 Å². The van der Waals surface area contributed by atoms with Crippen LogP contribution in [0.4, 0.5) is 0 Å². The first kappa shape index (κ1) is 17.5. The van der Waals surface area contributed by atoms with Gasteiger partial charge in [0.25, 0.3) is 0 Å². The summed E-state index contributed by atoms with van der Waals surface area (Å²) in [7, 11) is 3.88. The van der Waals surface area contributed by atoms with E-state index in [0.717, 1.165) is 18.8 Å². The summed E-state index contributed by atoms with van der Waals surface area (Å²) < 4.78 is 10.1. The van der Waals surface area contributed by atoms with Crippen LogP contribution in [0.25, 0.3) is 32.6 Å². The molecule has 4 aromatic rings. The molecule has 1 aliphatic heterocycles. The van der Waals surface area contributed by atoms with Crippen LogP contribution in [0.3, 0.4) is 0 Å². The number of rotatable bonds is 4. The Morgan fingerprint density at radius 1 is 0.964 bits per heavy atom. The van der Waals surface area contributed by atoms with Gasteiger partial charge in [0.05, 0.1) is 19.0 Å². The molecule has 2 aromatic heterocycles. The summed E-state index contributed by atoms with van der Waals surface area (Å²) >= 11 is 0. The van der Waals surface area contributed by atoms with Gasteiger partial charge in [0, 0.05) is 34.9 Å². The lowest BCUT2D eigenvalue weighted by Gasteiger charge is -2.24. The third-order valence-electron chi connectivity index (χ3n) is 6.32. The van der Waals surface area contributed by atoms with Crippen molar-refractivity contribution < 1.29 is 9.30 Å². The Bertz CT molecular complexity index is 1160. The molecule has 0 unspecified atom stereocenters. The van der Waals surface area contributed by atoms with E-state index in [2.05, 4.69) is 63.8 Å². The smallest absolute Gasteiger partial charge is 0.177 e.